The van der Waals surface area contributed by atoms with Gasteiger partial charge in [0.2, 0.25) is 5.88 Å². The third kappa shape index (κ3) is 3.02. The van der Waals surface area contributed by atoms with E-state index in [-0.39, 0.29) is 11.8 Å². The minimum atomic E-state index is -0.448. The van der Waals surface area contributed by atoms with Gasteiger partial charge in [0, 0.05) is 6.20 Å². The molecule has 0 saturated carbocycles. The average molecular weight is 277 g/mol. The van der Waals surface area contributed by atoms with Gasteiger partial charge in [0.15, 0.2) is 5.82 Å². The van der Waals surface area contributed by atoms with Crippen LogP contribution in [0.2, 0.25) is 0 Å². The fraction of sp³-hybridized carbons (Fsp3) is 0.333. The zero-order chi connectivity index (χ0) is 14.5. The molecule has 2 heterocycles. The van der Waals surface area contributed by atoms with Crippen LogP contribution in [0.1, 0.15) is 36.1 Å². The molecule has 1 unspecified atom stereocenters. The summed E-state index contributed by atoms with van der Waals surface area (Å²) in [5.74, 6) is 0.276. The molecule has 2 rings (SSSR count). The predicted octanol–water partition coefficient (Wildman–Crippen LogP) is 0.383. The smallest absolute Gasteiger partial charge is 0.340 e. The van der Waals surface area contributed by atoms with Crippen molar-refractivity contribution in [3.8, 4) is 5.88 Å². The van der Waals surface area contributed by atoms with Gasteiger partial charge in [0.25, 0.3) is 5.91 Å². The largest absolute Gasteiger partial charge is 0.477 e. The molecule has 0 spiro atoms. The molecule has 1 atom stereocenters. The number of aromatic nitrogens is 4. The molecule has 8 heteroatoms. The van der Waals surface area contributed by atoms with Crippen molar-refractivity contribution < 1.29 is 9.53 Å². The molecule has 0 aliphatic heterocycles. The van der Waals surface area contributed by atoms with Crippen molar-refractivity contribution in [1.29, 1.82) is 0 Å². The molecule has 3 N–H and O–H groups in total. The summed E-state index contributed by atoms with van der Waals surface area (Å²) in [6.45, 7) is 3.94. The number of nitrogens with zero attached hydrogens (tertiary/aromatic N) is 2. The van der Waals surface area contributed by atoms with Crippen molar-refractivity contribution in [1.82, 2.24) is 25.5 Å². The molecule has 2 aromatic heterocycles. The number of rotatable bonds is 5. The lowest BCUT2D eigenvalue weighted by Gasteiger charge is -2.12. The van der Waals surface area contributed by atoms with E-state index in [4.69, 9.17) is 4.74 Å². The van der Waals surface area contributed by atoms with Gasteiger partial charge in [-0.1, -0.05) is 0 Å². The van der Waals surface area contributed by atoms with Gasteiger partial charge in [-0.25, -0.2) is 14.9 Å². The minimum absolute atomic E-state index is 0.273. The number of ether oxygens (including phenoxy) is 1. The summed E-state index contributed by atoms with van der Waals surface area (Å²) in [6.07, 6.45) is 1.55. The van der Waals surface area contributed by atoms with Gasteiger partial charge in [-0.05, 0) is 26.0 Å². The summed E-state index contributed by atoms with van der Waals surface area (Å²) in [4.78, 5) is 29.6. The Morgan fingerprint density at radius 1 is 1.55 bits per heavy atom. The Balaban J connectivity index is 2.14. The van der Waals surface area contributed by atoms with Crippen LogP contribution in [0.15, 0.2) is 23.1 Å². The molecular weight excluding hydrogens is 262 g/mol. The van der Waals surface area contributed by atoms with Crippen LogP contribution in [-0.2, 0) is 0 Å². The molecule has 0 fully saturated rings. The standard InChI is InChI=1S/C12H15N5O3/c1-3-20-11-8(5-4-6-13-11)10(18)14-7(2)9-15-12(19)17-16-9/h4-7H,3H2,1-2H3,(H,14,18)(H2,15,16,17,19). The summed E-state index contributed by atoms with van der Waals surface area (Å²) >= 11 is 0. The van der Waals surface area contributed by atoms with Crippen LogP contribution >= 0.6 is 0 Å². The monoisotopic (exact) mass is 277 g/mol. The summed E-state index contributed by atoms with van der Waals surface area (Å²) < 4.78 is 5.30. The van der Waals surface area contributed by atoms with Crippen LogP contribution in [0, 0.1) is 0 Å². The number of carbonyl (C=O) groups excluding carboxylic acids is 1. The van der Waals surface area contributed by atoms with E-state index in [0.717, 1.165) is 0 Å². The zero-order valence-corrected chi connectivity index (χ0v) is 11.1. The Kier molecular flexibility index (Phi) is 4.14. The lowest BCUT2D eigenvalue weighted by atomic mass is 10.2. The predicted molar refractivity (Wildman–Crippen MR) is 70.5 cm³/mol. The lowest BCUT2D eigenvalue weighted by Crippen LogP contribution is -2.28. The van der Waals surface area contributed by atoms with Crippen LogP contribution in [0.5, 0.6) is 5.88 Å². The number of H-pyrrole nitrogens is 2. The first-order valence-corrected chi connectivity index (χ1v) is 6.15. The van der Waals surface area contributed by atoms with E-state index < -0.39 is 11.7 Å². The third-order valence-electron chi connectivity index (χ3n) is 2.57. The summed E-state index contributed by atoms with van der Waals surface area (Å²) in [7, 11) is 0. The molecule has 20 heavy (non-hydrogen) atoms. The second-order valence-electron chi connectivity index (χ2n) is 4.05. The minimum Gasteiger partial charge on any atom is -0.477 e. The van der Waals surface area contributed by atoms with Crippen molar-refractivity contribution in [3.63, 3.8) is 0 Å². The fourth-order valence-corrected chi connectivity index (χ4v) is 1.65. The molecule has 0 aromatic carbocycles. The number of hydrogen-bond acceptors (Lipinski definition) is 5. The summed E-state index contributed by atoms with van der Waals surface area (Å²) in [6, 6.07) is 2.82. The highest BCUT2D eigenvalue weighted by atomic mass is 16.5. The van der Waals surface area contributed by atoms with Crippen LogP contribution in [0.25, 0.3) is 0 Å². The van der Waals surface area contributed by atoms with E-state index in [9.17, 15) is 9.59 Å². The Hall–Kier alpha value is -2.64. The van der Waals surface area contributed by atoms with Crippen molar-refractivity contribution in [3.05, 3.63) is 40.2 Å². The first-order chi connectivity index (χ1) is 9.61. The van der Waals surface area contributed by atoms with Gasteiger partial charge in [-0.3, -0.25) is 9.78 Å². The van der Waals surface area contributed by atoms with Gasteiger partial charge < -0.3 is 10.1 Å². The van der Waals surface area contributed by atoms with Gasteiger partial charge in [0.05, 0.1) is 12.6 Å². The first kappa shape index (κ1) is 13.8. The van der Waals surface area contributed by atoms with Gasteiger partial charge in [0.1, 0.15) is 5.56 Å². The van der Waals surface area contributed by atoms with Crippen LogP contribution in [-0.4, -0.2) is 32.7 Å². The zero-order valence-electron chi connectivity index (χ0n) is 11.1. The number of nitrogens with one attached hydrogen (secondary N) is 3. The van der Waals surface area contributed by atoms with E-state index in [2.05, 4.69) is 25.5 Å². The number of carbonyl (C=O) groups is 1. The first-order valence-electron chi connectivity index (χ1n) is 6.15. The Labute approximate surface area is 114 Å². The van der Waals surface area contributed by atoms with Gasteiger partial charge in [-0.15, -0.1) is 0 Å². The Morgan fingerprint density at radius 3 is 3.00 bits per heavy atom. The molecule has 0 aliphatic carbocycles. The van der Waals surface area contributed by atoms with E-state index in [1.54, 1.807) is 25.3 Å². The second kappa shape index (κ2) is 6.00. The quantitative estimate of drug-likeness (QED) is 0.731. The van der Waals surface area contributed by atoms with E-state index in [1.807, 2.05) is 6.92 Å². The topological polar surface area (TPSA) is 113 Å². The van der Waals surface area contributed by atoms with Crippen molar-refractivity contribution in [2.24, 2.45) is 0 Å². The third-order valence-corrected chi connectivity index (χ3v) is 2.57. The van der Waals surface area contributed by atoms with Crippen LogP contribution in [0.4, 0.5) is 0 Å². The van der Waals surface area contributed by atoms with Crippen molar-refractivity contribution in [2.45, 2.75) is 19.9 Å². The fourth-order valence-electron chi connectivity index (χ4n) is 1.65. The molecule has 0 aliphatic rings. The lowest BCUT2D eigenvalue weighted by molar-refractivity contribution is 0.0933. The molecule has 106 valence electrons. The maximum atomic E-state index is 12.2. The average Bonchev–Trinajstić information content (AvgIpc) is 2.86. The number of amides is 1. The van der Waals surface area contributed by atoms with E-state index in [0.29, 0.717) is 18.0 Å². The highest BCUT2D eigenvalue weighted by molar-refractivity contribution is 5.96. The number of hydrogen-bond donors (Lipinski definition) is 3. The normalized spacial score (nSPS) is 11.9. The number of aromatic amines is 2. The Bertz CT molecular complexity index is 648. The maximum Gasteiger partial charge on any atom is 0.340 e. The van der Waals surface area contributed by atoms with Gasteiger partial charge in [-0.2, -0.15) is 5.10 Å². The van der Waals surface area contributed by atoms with Crippen molar-refractivity contribution >= 4 is 5.91 Å². The van der Waals surface area contributed by atoms with Crippen LogP contribution in [0.3, 0.4) is 0 Å². The highest BCUT2D eigenvalue weighted by Gasteiger charge is 2.17. The molecular formula is C12H15N5O3. The molecule has 0 radical (unpaired) electrons. The molecule has 8 nitrogen and oxygen atoms in total. The number of pyridine rings is 1. The molecule has 0 bridgehead atoms. The van der Waals surface area contributed by atoms with E-state index in [1.165, 1.54) is 0 Å². The van der Waals surface area contributed by atoms with Gasteiger partial charge >= 0.3 is 5.69 Å². The molecule has 1 amide bonds. The highest BCUT2D eigenvalue weighted by Crippen LogP contribution is 2.15. The Morgan fingerprint density at radius 2 is 2.35 bits per heavy atom. The SMILES string of the molecule is CCOc1ncccc1C(=O)NC(C)c1n[nH]c(=O)[nH]1. The van der Waals surface area contributed by atoms with Crippen LogP contribution < -0.4 is 15.7 Å². The van der Waals surface area contributed by atoms with Crippen molar-refractivity contribution in [2.75, 3.05) is 6.61 Å². The second-order valence-corrected chi connectivity index (χ2v) is 4.05. The molecule has 2 aromatic rings. The summed E-state index contributed by atoms with van der Waals surface area (Å²) in [5, 5.41) is 8.72. The maximum absolute atomic E-state index is 12.2. The molecule has 0 saturated heterocycles. The summed E-state index contributed by atoms with van der Waals surface area (Å²) in [5.41, 5.74) is -0.0865. The van der Waals surface area contributed by atoms with E-state index >= 15 is 0 Å².